The Morgan fingerprint density at radius 1 is 1.28 bits per heavy atom. The van der Waals surface area contributed by atoms with E-state index in [9.17, 15) is 9.59 Å². The SMILES string of the molecule is CC(=NN=C1S[C@H](CC(=O)O)C(=O)N1c1ccccc1)c1ccco1. The summed E-state index contributed by atoms with van der Waals surface area (Å²) in [6, 6.07) is 12.5. The third-order valence-corrected chi connectivity index (χ3v) is 4.60. The van der Waals surface area contributed by atoms with Gasteiger partial charge in [-0.1, -0.05) is 30.0 Å². The summed E-state index contributed by atoms with van der Waals surface area (Å²) in [6.07, 6.45) is 1.27. The van der Waals surface area contributed by atoms with Crippen molar-refractivity contribution in [3.05, 3.63) is 54.5 Å². The number of carbonyl (C=O) groups excluding carboxylic acids is 1. The number of furan rings is 1. The summed E-state index contributed by atoms with van der Waals surface area (Å²) in [5, 5.41) is 16.9. The summed E-state index contributed by atoms with van der Waals surface area (Å²) in [4.78, 5) is 25.0. The fourth-order valence-electron chi connectivity index (χ4n) is 2.29. The van der Waals surface area contributed by atoms with E-state index in [0.29, 0.717) is 22.3 Å². The number of carbonyl (C=O) groups is 2. The smallest absolute Gasteiger partial charge is 0.305 e. The molecule has 2 aromatic rings. The summed E-state index contributed by atoms with van der Waals surface area (Å²) >= 11 is 1.10. The Morgan fingerprint density at radius 2 is 2.04 bits per heavy atom. The normalized spacial score (nSPS) is 19.6. The zero-order valence-electron chi connectivity index (χ0n) is 13.3. The number of carboxylic acid groups (broad SMARTS) is 1. The largest absolute Gasteiger partial charge is 0.481 e. The molecule has 8 heteroatoms. The average Bonchev–Trinajstić information content (AvgIpc) is 3.22. The molecule has 0 spiro atoms. The Bertz CT molecular complexity index is 831. The second kappa shape index (κ2) is 7.35. The molecule has 1 saturated heterocycles. The van der Waals surface area contributed by atoms with Crippen molar-refractivity contribution in [3.8, 4) is 0 Å². The number of thioether (sulfide) groups is 1. The van der Waals surface area contributed by atoms with Gasteiger partial charge in [-0.15, -0.1) is 10.2 Å². The average molecular weight is 357 g/mol. The van der Waals surface area contributed by atoms with Crippen LogP contribution in [0.4, 0.5) is 5.69 Å². The van der Waals surface area contributed by atoms with Gasteiger partial charge in [-0.05, 0) is 31.2 Å². The number of hydrogen-bond acceptors (Lipinski definition) is 6. The lowest BCUT2D eigenvalue weighted by molar-refractivity contribution is -0.138. The van der Waals surface area contributed by atoms with Crippen LogP contribution >= 0.6 is 11.8 Å². The van der Waals surface area contributed by atoms with Crippen molar-refractivity contribution in [2.45, 2.75) is 18.6 Å². The van der Waals surface area contributed by atoms with Gasteiger partial charge in [0.25, 0.3) is 0 Å². The fraction of sp³-hybridized carbons (Fsp3) is 0.176. The van der Waals surface area contributed by atoms with E-state index in [0.717, 1.165) is 11.8 Å². The first kappa shape index (κ1) is 17.0. The van der Waals surface area contributed by atoms with E-state index in [1.807, 2.05) is 6.07 Å². The number of amidine groups is 1. The Morgan fingerprint density at radius 3 is 2.68 bits per heavy atom. The maximum Gasteiger partial charge on any atom is 0.305 e. The molecule has 7 nitrogen and oxygen atoms in total. The fourth-order valence-corrected chi connectivity index (χ4v) is 3.37. The molecule has 0 aliphatic carbocycles. The highest BCUT2D eigenvalue weighted by atomic mass is 32.2. The molecule has 0 saturated carbocycles. The topological polar surface area (TPSA) is 95.5 Å². The molecular weight excluding hydrogens is 342 g/mol. The number of amides is 1. The van der Waals surface area contributed by atoms with Gasteiger partial charge >= 0.3 is 5.97 Å². The zero-order chi connectivity index (χ0) is 17.8. The molecule has 1 fully saturated rings. The number of benzene rings is 1. The molecule has 1 amide bonds. The Balaban J connectivity index is 1.94. The van der Waals surface area contributed by atoms with Crippen LogP contribution in [-0.4, -0.2) is 33.1 Å². The quantitative estimate of drug-likeness (QED) is 0.655. The second-order valence-corrected chi connectivity index (χ2v) is 6.43. The number of nitrogens with zero attached hydrogens (tertiary/aromatic N) is 3. The summed E-state index contributed by atoms with van der Waals surface area (Å²) < 4.78 is 5.25. The van der Waals surface area contributed by atoms with E-state index in [1.165, 1.54) is 11.2 Å². The number of anilines is 1. The predicted octanol–water partition coefficient (Wildman–Crippen LogP) is 2.98. The van der Waals surface area contributed by atoms with Crippen LogP contribution < -0.4 is 4.90 Å². The molecule has 1 aromatic heterocycles. The number of para-hydroxylation sites is 1. The van der Waals surface area contributed by atoms with Crippen LogP contribution in [0.1, 0.15) is 19.1 Å². The van der Waals surface area contributed by atoms with Gasteiger partial charge in [-0.3, -0.25) is 14.5 Å². The molecule has 3 rings (SSSR count). The predicted molar refractivity (Wildman–Crippen MR) is 95.9 cm³/mol. The van der Waals surface area contributed by atoms with E-state index in [2.05, 4.69) is 10.2 Å². The lowest BCUT2D eigenvalue weighted by atomic mass is 10.2. The van der Waals surface area contributed by atoms with E-state index >= 15 is 0 Å². The van der Waals surface area contributed by atoms with Gasteiger partial charge in [0.15, 0.2) is 5.17 Å². The highest BCUT2D eigenvalue weighted by molar-refractivity contribution is 8.16. The molecule has 128 valence electrons. The second-order valence-electron chi connectivity index (χ2n) is 5.26. The van der Waals surface area contributed by atoms with Crippen LogP contribution in [0, 0.1) is 0 Å². The summed E-state index contributed by atoms with van der Waals surface area (Å²) in [6.45, 7) is 1.74. The third-order valence-electron chi connectivity index (χ3n) is 3.47. The zero-order valence-corrected chi connectivity index (χ0v) is 14.1. The Kier molecular flexibility index (Phi) is 4.99. The molecular formula is C17H15N3O4S. The van der Waals surface area contributed by atoms with Gasteiger partial charge in [0.2, 0.25) is 5.91 Å². The number of hydrogen-bond donors (Lipinski definition) is 1. The maximum atomic E-state index is 12.6. The highest BCUT2D eigenvalue weighted by Gasteiger charge is 2.40. The molecule has 2 heterocycles. The molecule has 0 bridgehead atoms. The Labute approximate surface area is 148 Å². The molecule has 1 aromatic carbocycles. The lowest BCUT2D eigenvalue weighted by Gasteiger charge is -2.15. The van der Waals surface area contributed by atoms with E-state index in [-0.39, 0.29) is 12.3 Å². The van der Waals surface area contributed by atoms with Gasteiger partial charge in [-0.25, -0.2) is 0 Å². The van der Waals surface area contributed by atoms with Crippen molar-refractivity contribution in [3.63, 3.8) is 0 Å². The standard InChI is InChI=1S/C17H15N3O4S/c1-11(13-8-5-9-24-13)18-19-17-20(12-6-3-2-4-7-12)16(23)14(25-17)10-15(21)22/h2-9,14H,10H2,1H3,(H,21,22)/t14-/m1/s1. The number of carboxylic acids is 1. The van der Waals surface area contributed by atoms with Crippen LogP contribution in [-0.2, 0) is 9.59 Å². The first-order valence-corrected chi connectivity index (χ1v) is 8.38. The van der Waals surface area contributed by atoms with Crippen molar-refractivity contribution in [1.82, 2.24) is 0 Å². The minimum absolute atomic E-state index is 0.271. The minimum atomic E-state index is -1.03. The van der Waals surface area contributed by atoms with E-state index in [1.54, 1.807) is 43.3 Å². The van der Waals surface area contributed by atoms with Crippen LogP contribution in [0.15, 0.2) is 63.3 Å². The highest BCUT2D eigenvalue weighted by Crippen LogP contribution is 2.33. The lowest BCUT2D eigenvalue weighted by Crippen LogP contribution is -2.32. The van der Waals surface area contributed by atoms with Gasteiger partial charge in [0.1, 0.15) is 16.7 Å². The van der Waals surface area contributed by atoms with Crippen molar-refractivity contribution < 1.29 is 19.1 Å². The molecule has 1 aliphatic rings. The molecule has 0 unspecified atom stereocenters. The number of rotatable bonds is 5. The minimum Gasteiger partial charge on any atom is -0.481 e. The molecule has 0 radical (unpaired) electrons. The Hall–Kier alpha value is -2.87. The van der Waals surface area contributed by atoms with Crippen molar-refractivity contribution >= 4 is 40.2 Å². The van der Waals surface area contributed by atoms with Crippen molar-refractivity contribution in [1.29, 1.82) is 0 Å². The molecule has 1 aliphatic heterocycles. The van der Waals surface area contributed by atoms with Crippen LogP contribution in [0.3, 0.4) is 0 Å². The van der Waals surface area contributed by atoms with Gasteiger partial charge in [-0.2, -0.15) is 0 Å². The molecule has 1 atom stereocenters. The first-order chi connectivity index (χ1) is 12.1. The van der Waals surface area contributed by atoms with Gasteiger partial charge < -0.3 is 9.52 Å². The van der Waals surface area contributed by atoms with E-state index < -0.39 is 11.2 Å². The van der Waals surface area contributed by atoms with Crippen LogP contribution in [0.5, 0.6) is 0 Å². The summed E-state index contributed by atoms with van der Waals surface area (Å²) in [5.74, 6) is -0.773. The van der Waals surface area contributed by atoms with Gasteiger partial charge in [0, 0.05) is 0 Å². The number of aliphatic carboxylic acids is 1. The van der Waals surface area contributed by atoms with Crippen molar-refractivity contribution in [2.24, 2.45) is 10.2 Å². The van der Waals surface area contributed by atoms with Gasteiger partial charge in [0.05, 0.1) is 18.4 Å². The van der Waals surface area contributed by atoms with E-state index in [4.69, 9.17) is 9.52 Å². The molecule has 1 N–H and O–H groups in total. The summed E-state index contributed by atoms with van der Waals surface area (Å²) in [5.41, 5.74) is 1.18. The molecule has 25 heavy (non-hydrogen) atoms. The van der Waals surface area contributed by atoms with Crippen molar-refractivity contribution in [2.75, 3.05) is 4.90 Å². The monoisotopic (exact) mass is 357 g/mol. The van der Waals surface area contributed by atoms with Crippen LogP contribution in [0.2, 0.25) is 0 Å². The van der Waals surface area contributed by atoms with Crippen LogP contribution in [0.25, 0.3) is 0 Å². The first-order valence-electron chi connectivity index (χ1n) is 7.50. The maximum absolute atomic E-state index is 12.6. The third kappa shape index (κ3) is 3.80. The summed E-state index contributed by atoms with van der Waals surface area (Å²) in [7, 11) is 0.